The van der Waals surface area contributed by atoms with Crippen molar-refractivity contribution in [2.24, 2.45) is 0 Å². The first-order valence-corrected chi connectivity index (χ1v) is 7.67. The van der Waals surface area contributed by atoms with Gasteiger partial charge in [-0.1, -0.05) is 28.1 Å². The Bertz CT molecular complexity index is 594. The highest BCUT2D eigenvalue weighted by atomic mass is 79.9. The van der Waals surface area contributed by atoms with Gasteiger partial charge in [0.1, 0.15) is 0 Å². The second kappa shape index (κ2) is 8.89. The minimum absolute atomic E-state index is 0. The molecule has 0 bridgehead atoms. The summed E-state index contributed by atoms with van der Waals surface area (Å²) in [4.78, 5) is 6.80. The third-order valence-electron chi connectivity index (χ3n) is 3.64. The molecular formula is C15H20BrCl2N3O. The lowest BCUT2D eigenvalue weighted by Gasteiger charge is -2.32. The van der Waals surface area contributed by atoms with Crippen molar-refractivity contribution in [3.8, 4) is 11.3 Å². The molecule has 3 rings (SSSR count). The van der Waals surface area contributed by atoms with Gasteiger partial charge < -0.3 is 9.73 Å². The van der Waals surface area contributed by atoms with Gasteiger partial charge in [0.25, 0.3) is 0 Å². The molecule has 122 valence electrons. The maximum atomic E-state index is 5.88. The maximum Gasteiger partial charge on any atom is 0.209 e. The van der Waals surface area contributed by atoms with E-state index >= 15 is 0 Å². The number of hydrogen-bond donors (Lipinski definition) is 1. The fourth-order valence-electron chi connectivity index (χ4n) is 2.45. The molecule has 22 heavy (non-hydrogen) atoms. The summed E-state index contributed by atoms with van der Waals surface area (Å²) < 4.78 is 6.93. The normalized spacial score (nSPS) is 18.4. The number of halogens is 3. The second-order valence-corrected chi connectivity index (χ2v) is 6.07. The topological polar surface area (TPSA) is 41.3 Å². The number of nitrogens with zero attached hydrogens (tertiary/aromatic N) is 2. The maximum absolute atomic E-state index is 5.88. The van der Waals surface area contributed by atoms with Crippen molar-refractivity contribution in [1.29, 1.82) is 0 Å². The lowest BCUT2D eigenvalue weighted by molar-refractivity contribution is 0.151. The summed E-state index contributed by atoms with van der Waals surface area (Å²) in [5.41, 5.74) is 1.05. The lowest BCUT2D eigenvalue weighted by atomic mass is 10.2. The van der Waals surface area contributed by atoms with Crippen molar-refractivity contribution in [2.45, 2.75) is 19.5 Å². The number of oxazole rings is 1. The molecule has 0 amide bonds. The summed E-state index contributed by atoms with van der Waals surface area (Å²) in [5.74, 6) is 1.61. The Hall–Kier alpha value is -0.590. The summed E-state index contributed by atoms with van der Waals surface area (Å²) in [6, 6.07) is 8.59. The van der Waals surface area contributed by atoms with Gasteiger partial charge in [-0.05, 0) is 19.1 Å². The molecule has 7 heteroatoms. The molecule has 0 spiro atoms. The van der Waals surface area contributed by atoms with E-state index in [2.05, 4.69) is 38.1 Å². The molecule has 2 aromatic rings. The van der Waals surface area contributed by atoms with Crippen molar-refractivity contribution in [2.75, 3.05) is 19.6 Å². The molecule has 1 atom stereocenters. The van der Waals surface area contributed by atoms with Crippen LogP contribution in [-0.2, 0) is 6.54 Å². The minimum atomic E-state index is 0. The highest BCUT2D eigenvalue weighted by Crippen LogP contribution is 2.24. The Morgan fingerprint density at radius 1 is 1.41 bits per heavy atom. The van der Waals surface area contributed by atoms with Gasteiger partial charge in [0, 0.05) is 35.7 Å². The molecular weight excluding hydrogens is 389 g/mol. The summed E-state index contributed by atoms with van der Waals surface area (Å²) in [6.07, 6.45) is 1.81. The Morgan fingerprint density at radius 3 is 2.95 bits per heavy atom. The minimum Gasteiger partial charge on any atom is -0.439 e. The predicted octanol–water partition coefficient (Wildman–Crippen LogP) is 3.74. The van der Waals surface area contributed by atoms with E-state index in [1.165, 1.54) is 0 Å². The van der Waals surface area contributed by atoms with E-state index in [9.17, 15) is 0 Å². The average Bonchev–Trinajstić information content (AvgIpc) is 2.90. The zero-order chi connectivity index (χ0) is 13.9. The molecule has 0 radical (unpaired) electrons. The summed E-state index contributed by atoms with van der Waals surface area (Å²) in [7, 11) is 0. The van der Waals surface area contributed by atoms with Crippen molar-refractivity contribution >= 4 is 40.7 Å². The van der Waals surface area contributed by atoms with E-state index in [4.69, 9.17) is 4.42 Å². The highest BCUT2D eigenvalue weighted by Gasteiger charge is 2.20. The van der Waals surface area contributed by atoms with Gasteiger partial charge in [-0.15, -0.1) is 24.8 Å². The van der Waals surface area contributed by atoms with Gasteiger partial charge in [-0.25, -0.2) is 4.98 Å². The molecule has 2 heterocycles. The monoisotopic (exact) mass is 407 g/mol. The number of piperazine rings is 1. The predicted molar refractivity (Wildman–Crippen MR) is 96.9 cm³/mol. The Kier molecular flexibility index (Phi) is 7.86. The van der Waals surface area contributed by atoms with Gasteiger partial charge in [0.2, 0.25) is 5.89 Å². The molecule has 4 nitrogen and oxygen atoms in total. The van der Waals surface area contributed by atoms with Gasteiger partial charge in [0.05, 0.1) is 12.7 Å². The first-order chi connectivity index (χ1) is 9.72. The Balaban J connectivity index is 0.00000121. The fraction of sp³-hybridized carbons (Fsp3) is 0.400. The third-order valence-corrected chi connectivity index (χ3v) is 4.13. The van der Waals surface area contributed by atoms with Crippen molar-refractivity contribution in [1.82, 2.24) is 15.2 Å². The van der Waals surface area contributed by atoms with Crippen molar-refractivity contribution < 1.29 is 4.42 Å². The number of nitrogens with one attached hydrogen (secondary N) is 1. The first kappa shape index (κ1) is 19.5. The Labute approximate surface area is 151 Å². The van der Waals surface area contributed by atoms with Gasteiger partial charge in [-0.3, -0.25) is 4.90 Å². The van der Waals surface area contributed by atoms with Crippen LogP contribution in [0.2, 0.25) is 0 Å². The molecule has 1 aliphatic rings. The number of aromatic nitrogens is 1. The van der Waals surface area contributed by atoms with Crippen LogP contribution in [0.1, 0.15) is 12.8 Å². The van der Waals surface area contributed by atoms with Crippen LogP contribution in [-0.4, -0.2) is 35.6 Å². The summed E-state index contributed by atoms with van der Waals surface area (Å²) >= 11 is 3.48. The number of rotatable bonds is 3. The number of benzene rings is 1. The molecule has 0 saturated carbocycles. The first-order valence-electron chi connectivity index (χ1n) is 6.88. The standard InChI is InChI=1S/C15H18BrN3O.2ClH/c1-11-8-17-5-6-19(11)10-15-18-9-14(20-15)12-3-2-4-13(16)7-12;;/h2-4,7,9,11,17H,5-6,8,10H2,1H3;2*1H/t11-;;/m1../s1. The molecule has 1 saturated heterocycles. The van der Waals surface area contributed by atoms with Crippen LogP contribution < -0.4 is 5.32 Å². The van der Waals surface area contributed by atoms with Crippen molar-refractivity contribution in [3.63, 3.8) is 0 Å². The average molecular weight is 409 g/mol. The zero-order valence-electron chi connectivity index (χ0n) is 12.3. The highest BCUT2D eigenvalue weighted by molar-refractivity contribution is 9.10. The van der Waals surface area contributed by atoms with E-state index in [-0.39, 0.29) is 24.8 Å². The van der Waals surface area contributed by atoms with E-state index in [1.807, 2.05) is 30.5 Å². The van der Waals surface area contributed by atoms with Crippen molar-refractivity contribution in [3.05, 3.63) is 40.8 Å². The van der Waals surface area contributed by atoms with E-state index in [0.29, 0.717) is 6.04 Å². The van der Waals surface area contributed by atoms with Gasteiger partial charge in [0.15, 0.2) is 5.76 Å². The smallest absolute Gasteiger partial charge is 0.209 e. The largest absolute Gasteiger partial charge is 0.439 e. The molecule has 1 aliphatic heterocycles. The van der Waals surface area contributed by atoms with Gasteiger partial charge >= 0.3 is 0 Å². The lowest BCUT2D eigenvalue weighted by Crippen LogP contribution is -2.49. The van der Waals surface area contributed by atoms with E-state index in [0.717, 1.165) is 47.9 Å². The SMILES string of the molecule is C[C@@H]1CNCCN1Cc1ncc(-c2cccc(Br)c2)o1.Cl.Cl. The Morgan fingerprint density at radius 2 is 2.23 bits per heavy atom. The molecule has 1 fully saturated rings. The quantitative estimate of drug-likeness (QED) is 0.839. The summed E-state index contributed by atoms with van der Waals surface area (Å²) in [6.45, 7) is 6.10. The van der Waals surface area contributed by atoms with E-state index in [1.54, 1.807) is 0 Å². The van der Waals surface area contributed by atoms with Crippen LogP contribution in [0.15, 0.2) is 39.4 Å². The van der Waals surface area contributed by atoms with Gasteiger partial charge in [-0.2, -0.15) is 0 Å². The van der Waals surface area contributed by atoms with Crippen LogP contribution >= 0.6 is 40.7 Å². The fourth-order valence-corrected chi connectivity index (χ4v) is 2.85. The summed E-state index contributed by atoms with van der Waals surface area (Å²) in [5, 5.41) is 3.39. The third kappa shape index (κ3) is 4.70. The van der Waals surface area contributed by atoms with Crippen LogP contribution in [0.3, 0.4) is 0 Å². The van der Waals surface area contributed by atoms with Crippen LogP contribution in [0.4, 0.5) is 0 Å². The van der Waals surface area contributed by atoms with E-state index < -0.39 is 0 Å². The second-order valence-electron chi connectivity index (χ2n) is 5.15. The molecule has 1 N–H and O–H groups in total. The molecule has 0 aliphatic carbocycles. The molecule has 0 unspecified atom stereocenters. The van der Waals surface area contributed by atoms with Crippen LogP contribution in [0.25, 0.3) is 11.3 Å². The number of hydrogen-bond acceptors (Lipinski definition) is 4. The zero-order valence-corrected chi connectivity index (χ0v) is 15.5. The molecule has 1 aromatic carbocycles. The molecule has 1 aromatic heterocycles. The van der Waals surface area contributed by atoms with Crippen LogP contribution in [0, 0.1) is 0 Å². The van der Waals surface area contributed by atoms with Crippen LogP contribution in [0.5, 0.6) is 0 Å².